The van der Waals surface area contributed by atoms with Gasteiger partial charge < -0.3 is 14.2 Å². The van der Waals surface area contributed by atoms with Crippen molar-refractivity contribution in [3.63, 3.8) is 0 Å². The van der Waals surface area contributed by atoms with Crippen LogP contribution >= 0.6 is 0 Å². The summed E-state index contributed by atoms with van der Waals surface area (Å²) in [7, 11) is 0. The van der Waals surface area contributed by atoms with Crippen LogP contribution in [-0.2, 0) is 12.6 Å². The maximum absolute atomic E-state index is 13.7. The van der Waals surface area contributed by atoms with E-state index in [1.807, 2.05) is 49.1 Å². The molecule has 0 aliphatic carbocycles. The van der Waals surface area contributed by atoms with E-state index in [0.29, 0.717) is 31.2 Å². The van der Waals surface area contributed by atoms with Crippen LogP contribution in [0.25, 0.3) is 11.4 Å². The summed E-state index contributed by atoms with van der Waals surface area (Å²) in [4.78, 5) is 6.24. The average Bonchev–Trinajstić information content (AvgIpc) is 3.25. The van der Waals surface area contributed by atoms with Gasteiger partial charge in [0.2, 0.25) is 11.7 Å². The lowest BCUT2D eigenvalue weighted by atomic mass is 9.98. The van der Waals surface area contributed by atoms with E-state index >= 15 is 0 Å². The van der Waals surface area contributed by atoms with Gasteiger partial charge >= 0.3 is 6.18 Å². The minimum Gasteiger partial charge on any atom is -0.493 e. The number of likely N-dealkylation sites (tertiary alicyclic amines) is 1. The monoisotopic (exact) mass is 472 g/mol. The third kappa shape index (κ3) is 5.40. The second-order valence-electron chi connectivity index (χ2n) is 8.74. The van der Waals surface area contributed by atoms with Gasteiger partial charge in [0.05, 0.1) is 23.9 Å². The van der Waals surface area contributed by atoms with Crippen LogP contribution in [0.3, 0.4) is 0 Å². The van der Waals surface area contributed by atoms with Crippen LogP contribution in [0.4, 0.5) is 13.2 Å². The SMILES string of the molecule is CC(C)C(=N)N1CC(c2nc(-c3ccc(OCCCc4ccccc4)c(C(F)(F)F)c3)no2)C1. The van der Waals surface area contributed by atoms with Crippen molar-refractivity contribution in [1.82, 2.24) is 15.0 Å². The highest BCUT2D eigenvalue weighted by atomic mass is 19.4. The Kier molecular flexibility index (Phi) is 6.90. The van der Waals surface area contributed by atoms with E-state index < -0.39 is 11.7 Å². The van der Waals surface area contributed by atoms with Gasteiger partial charge in [0, 0.05) is 24.6 Å². The largest absolute Gasteiger partial charge is 0.493 e. The van der Waals surface area contributed by atoms with Crippen LogP contribution in [0.5, 0.6) is 5.75 Å². The summed E-state index contributed by atoms with van der Waals surface area (Å²) in [5.41, 5.74) is 0.461. The molecule has 1 N–H and O–H groups in total. The zero-order valence-corrected chi connectivity index (χ0v) is 19.1. The Morgan fingerprint density at radius 1 is 1.18 bits per heavy atom. The molecule has 1 aliphatic heterocycles. The summed E-state index contributed by atoms with van der Waals surface area (Å²) < 4.78 is 52.0. The number of halogens is 3. The van der Waals surface area contributed by atoms with Gasteiger partial charge in [0.15, 0.2) is 0 Å². The Morgan fingerprint density at radius 2 is 1.91 bits per heavy atom. The highest BCUT2D eigenvalue weighted by molar-refractivity contribution is 5.81. The second kappa shape index (κ2) is 9.87. The van der Waals surface area contributed by atoms with Crippen LogP contribution in [0.1, 0.15) is 43.2 Å². The fraction of sp³-hybridized carbons (Fsp3) is 0.400. The molecule has 0 atom stereocenters. The molecule has 6 nitrogen and oxygen atoms in total. The molecule has 1 aromatic heterocycles. The molecule has 3 aromatic rings. The second-order valence-corrected chi connectivity index (χ2v) is 8.74. The van der Waals surface area contributed by atoms with E-state index in [4.69, 9.17) is 14.7 Å². The molecule has 4 rings (SSSR count). The molecular formula is C25H27F3N4O2. The Morgan fingerprint density at radius 3 is 2.59 bits per heavy atom. The highest BCUT2D eigenvalue weighted by Gasteiger charge is 2.37. The van der Waals surface area contributed by atoms with Gasteiger partial charge in [-0.1, -0.05) is 49.3 Å². The number of nitrogens with one attached hydrogen (secondary N) is 1. The fourth-order valence-electron chi connectivity index (χ4n) is 3.83. The average molecular weight is 473 g/mol. The summed E-state index contributed by atoms with van der Waals surface area (Å²) >= 11 is 0. The number of hydrogen-bond donors (Lipinski definition) is 1. The summed E-state index contributed by atoms with van der Waals surface area (Å²) in [6, 6.07) is 13.6. The van der Waals surface area contributed by atoms with Crippen LogP contribution < -0.4 is 4.74 Å². The van der Waals surface area contributed by atoms with Crippen LogP contribution in [0, 0.1) is 11.3 Å². The molecule has 0 spiro atoms. The third-order valence-corrected chi connectivity index (χ3v) is 5.81. The fourth-order valence-corrected chi connectivity index (χ4v) is 3.83. The van der Waals surface area contributed by atoms with Crippen molar-refractivity contribution in [3.05, 3.63) is 65.5 Å². The van der Waals surface area contributed by atoms with Crippen LogP contribution in [-0.4, -0.2) is 40.6 Å². The first-order valence-corrected chi connectivity index (χ1v) is 11.3. The molecule has 0 radical (unpaired) electrons. The lowest BCUT2D eigenvalue weighted by molar-refractivity contribution is -0.138. The number of rotatable bonds is 8. The van der Waals surface area contributed by atoms with Crippen molar-refractivity contribution in [2.45, 2.75) is 38.8 Å². The van der Waals surface area contributed by atoms with Crippen LogP contribution in [0.2, 0.25) is 0 Å². The van der Waals surface area contributed by atoms with Gasteiger partial charge in [-0.15, -0.1) is 0 Å². The van der Waals surface area contributed by atoms with Gasteiger partial charge in [-0.3, -0.25) is 5.41 Å². The molecule has 0 bridgehead atoms. The van der Waals surface area contributed by atoms with E-state index in [9.17, 15) is 13.2 Å². The summed E-state index contributed by atoms with van der Waals surface area (Å²) in [6.07, 6.45) is -3.26. The first-order chi connectivity index (χ1) is 16.2. The smallest absolute Gasteiger partial charge is 0.419 e. The molecule has 34 heavy (non-hydrogen) atoms. The standard InChI is InChI=1S/C25H27F3N4O2/c1-16(2)22(29)32-14-19(15-32)24-30-23(31-34-24)18-10-11-21(20(13-18)25(26,27)28)33-12-6-9-17-7-4-3-5-8-17/h3-5,7-8,10-11,13,16,19,29H,6,9,12,14-15H2,1-2H3. The van der Waals surface area contributed by atoms with E-state index in [1.54, 1.807) is 0 Å². The molecule has 0 unspecified atom stereocenters. The molecule has 2 heterocycles. The number of aromatic nitrogens is 2. The number of amidine groups is 1. The molecule has 0 amide bonds. The summed E-state index contributed by atoms with van der Waals surface area (Å²) in [6.45, 7) is 5.25. The first-order valence-electron chi connectivity index (χ1n) is 11.3. The quantitative estimate of drug-likeness (QED) is 0.255. The topological polar surface area (TPSA) is 75.2 Å². The predicted octanol–water partition coefficient (Wildman–Crippen LogP) is 5.80. The molecule has 9 heteroatoms. The van der Waals surface area contributed by atoms with E-state index in [2.05, 4.69) is 10.1 Å². The van der Waals surface area contributed by atoms with Crippen molar-refractivity contribution < 1.29 is 22.4 Å². The van der Waals surface area contributed by atoms with Crippen molar-refractivity contribution in [2.24, 2.45) is 5.92 Å². The highest BCUT2D eigenvalue weighted by Crippen LogP contribution is 2.39. The number of hydrogen-bond acceptors (Lipinski definition) is 5. The Balaban J connectivity index is 1.42. The van der Waals surface area contributed by atoms with Crippen molar-refractivity contribution in [1.29, 1.82) is 5.41 Å². The molecule has 1 fully saturated rings. The Hall–Kier alpha value is -3.36. The summed E-state index contributed by atoms with van der Waals surface area (Å²) in [5, 5.41) is 11.9. The Labute approximate surface area is 196 Å². The Bertz CT molecular complexity index is 1120. The lowest BCUT2D eigenvalue weighted by Crippen LogP contribution is -2.49. The lowest BCUT2D eigenvalue weighted by Gasteiger charge is -2.40. The van der Waals surface area contributed by atoms with Crippen molar-refractivity contribution >= 4 is 5.84 Å². The molecule has 180 valence electrons. The van der Waals surface area contributed by atoms with E-state index in [1.165, 1.54) is 12.1 Å². The molecule has 1 aliphatic rings. The first kappa shape index (κ1) is 23.8. The minimum atomic E-state index is -4.58. The maximum Gasteiger partial charge on any atom is 0.419 e. The normalized spacial score (nSPS) is 14.4. The van der Waals surface area contributed by atoms with Gasteiger partial charge in [0.1, 0.15) is 5.75 Å². The van der Waals surface area contributed by atoms with Gasteiger partial charge in [-0.25, -0.2) is 0 Å². The number of alkyl halides is 3. The molecular weight excluding hydrogens is 445 g/mol. The maximum atomic E-state index is 13.7. The van der Waals surface area contributed by atoms with Crippen molar-refractivity contribution in [3.8, 4) is 17.1 Å². The summed E-state index contributed by atoms with van der Waals surface area (Å²) in [5.74, 6) is 0.903. The van der Waals surface area contributed by atoms with E-state index in [0.717, 1.165) is 18.1 Å². The molecule has 2 aromatic carbocycles. The molecule has 0 saturated carbocycles. The van der Waals surface area contributed by atoms with E-state index in [-0.39, 0.29) is 35.6 Å². The molecule has 1 saturated heterocycles. The zero-order chi connectivity index (χ0) is 24.3. The van der Waals surface area contributed by atoms with Gasteiger partial charge in [-0.05, 0) is 36.6 Å². The predicted molar refractivity (Wildman–Crippen MR) is 122 cm³/mol. The van der Waals surface area contributed by atoms with Crippen LogP contribution in [0.15, 0.2) is 53.1 Å². The number of benzene rings is 2. The van der Waals surface area contributed by atoms with Gasteiger partial charge in [-0.2, -0.15) is 18.2 Å². The third-order valence-electron chi connectivity index (χ3n) is 5.81. The number of aryl methyl sites for hydroxylation is 1. The van der Waals surface area contributed by atoms with Gasteiger partial charge in [0.25, 0.3) is 0 Å². The number of ether oxygens (including phenoxy) is 1. The minimum absolute atomic E-state index is 0.0327. The van der Waals surface area contributed by atoms with Crippen molar-refractivity contribution in [2.75, 3.05) is 19.7 Å². The zero-order valence-electron chi connectivity index (χ0n) is 19.1. The number of nitrogens with zero attached hydrogens (tertiary/aromatic N) is 3.